The van der Waals surface area contributed by atoms with Gasteiger partial charge in [-0.25, -0.2) is 9.48 Å². The number of amides is 1. The maximum atomic E-state index is 12.8. The third-order valence-corrected chi connectivity index (χ3v) is 2.24. The van der Waals surface area contributed by atoms with Gasteiger partial charge in [-0.2, -0.15) is 13.2 Å². The first-order valence-electron chi connectivity index (χ1n) is 5.10. The Labute approximate surface area is 105 Å². The second-order valence-corrected chi connectivity index (χ2v) is 3.59. The number of nitrogens with one attached hydrogen (secondary N) is 1. The Kier molecular flexibility index (Phi) is 3.16. The van der Waals surface area contributed by atoms with E-state index in [0.717, 1.165) is 0 Å². The van der Waals surface area contributed by atoms with Crippen LogP contribution >= 0.6 is 0 Å². The smallest absolute Gasteiger partial charge is 0.433 e. The van der Waals surface area contributed by atoms with Crippen LogP contribution in [0.1, 0.15) is 5.69 Å². The Morgan fingerprint density at radius 3 is 2.42 bits per heavy atom. The van der Waals surface area contributed by atoms with E-state index < -0.39 is 18.0 Å². The largest absolute Gasteiger partial charge is 0.465 e. The molecule has 0 aliphatic carbocycles. The second-order valence-electron chi connectivity index (χ2n) is 3.59. The van der Waals surface area contributed by atoms with Crippen molar-refractivity contribution in [1.29, 1.82) is 0 Å². The minimum Gasteiger partial charge on any atom is -0.465 e. The number of halogens is 3. The van der Waals surface area contributed by atoms with Crippen LogP contribution in [0.15, 0.2) is 36.4 Å². The molecule has 5 nitrogen and oxygen atoms in total. The lowest BCUT2D eigenvalue weighted by Gasteiger charge is -2.09. The van der Waals surface area contributed by atoms with Crippen LogP contribution in [0.25, 0.3) is 5.69 Å². The van der Waals surface area contributed by atoms with Crippen LogP contribution in [-0.2, 0) is 6.18 Å². The van der Waals surface area contributed by atoms with E-state index >= 15 is 0 Å². The van der Waals surface area contributed by atoms with Gasteiger partial charge in [0.2, 0.25) is 0 Å². The van der Waals surface area contributed by atoms with Crippen LogP contribution in [0.4, 0.5) is 23.8 Å². The average Bonchev–Trinajstić information content (AvgIpc) is 2.73. The van der Waals surface area contributed by atoms with Crippen molar-refractivity contribution in [2.45, 2.75) is 6.18 Å². The third kappa shape index (κ3) is 2.84. The predicted molar refractivity (Wildman–Crippen MR) is 60.2 cm³/mol. The molecule has 0 spiro atoms. The van der Waals surface area contributed by atoms with Gasteiger partial charge in [-0.15, -0.1) is 5.10 Å². The fourth-order valence-corrected chi connectivity index (χ4v) is 1.52. The molecule has 0 saturated heterocycles. The van der Waals surface area contributed by atoms with Crippen molar-refractivity contribution >= 4 is 11.9 Å². The van der Waals surface area contributed by atoms with E-state index in [-0.39, 0.29) is 11.5 Å². The van der Waals surface area contributed by atoms with Gasteiger partial charge < -0.3 is 5.11 Å². The SMILES string of the molecule is O=C(O)Nc1cc(C(F)(F)F)n(-c2ccccc2)n1. The van der Waals surface area contributed by atoms with Crippen LogP contribution in [0.3, 0.4) is 0 Å². The Hall–Kier alpha value is -2.51. The summed E-state index contributed by atoms with van der Waals surface area (Å²) >= 11 is 0. The van der Waals surface area contributed by atoms with E-state index in [1.807, 2.05) is 0 Å². The van der Waals surface area contributed by atoms with E-state index in [1.165, 1.54) is 12.1 Å². The Balaban J connectivity index is 2.52. The zero-order chi connectivity index (χ0) is 14.0. The normalized spacial score (nSPS) is 11.3. The minimum absolute atomic E-state index is 0.188. The molecule has 0 fully saturated rings. The highest BCUT2D eigenvalue weighted by atomic mass is 19.4. The molecular weight excluding hydrogens is 263 g/mol. The maximum Gasteiger partial charge on any atom is 0.433 e. The average molecular weight is 271 g/mol. The summed E-state index contributed by atoms with van der Waals surface area (Å²) in [5.74, 6) is -0.385. The monoisotopic (exact) mass is 271 g/mol. The Bertz CT molecular complexity index is 593. The zero-order valence-corrected chi connectivity index (χ0v) is 9.35. The van der Waals surface area contributed by atoms with Gasteiger partial charge in [0.15, 0.2) is 11.5 Å². The van der Waals surface area contributed by atoms with Crippen molar-refractivity contribution in [1.82, 2.24) is 9.78 Å². The molecule has 1 amide bonds. The van der Waals surface area contributed by atoms with E-state index in [1.54, 1.807) is 23.5 Å². The van der Waals surface area contributed by atoms with Crippen molar-refractivity contribution in [3.63, 3.8) is 0 Å². The molecular formula is C11H8F3N3O2. The molecule has 0 unspecified atom stereocenters. The molecule has 1 heterocycles. The molecule has 0 saturated carbocycles. The van der Waals surface area contributed by atoms with Crippen molar-refractivity contribution in [2.24, 2.45) is 0 Å². The highest BCUT2D eigenvalue weighted by molar-refractivity contribution is 5.81. The van der Waals surface area contributed by atoms with Gasteiger partial charge >= 0.3 is 12.3 Å². The summed E-state index contributed by atoms with van der Waals surface area (Å²) in [6.07, 6.45) is -6.12. The second kappa shape index (κ2) is 4.63. The standard InChI is InChI=1S/C11H8F3N3O2/c12-11(13,14)8-6-9(15-10(18)19)16-17(8)7-4-2-1-3-5-7/h1-6H,(H,15,16)(H,18,19). The van der Waals surface area contributed by atoms with Crippen LogP contribution < -0.4 is 5.32 Å². The summed E-state index contributed by atoms with van der Waals surface area (Å²) in [6, 6.07) is 8.28. The van der Waals surface area contributed by atoms with Crippen LogP contribution in [-0.4, -0.2) is 21.0 Å². The Morgan fingerprint density at radius 2 is 1.89 bits per heavy atom. The summed E-state index contributed by atoms with van der Waals surface area (Å²) in [5, 5.41) is 13.9. The van der Waals surface area contributed by atoms with Crippen molar-refractivity contribution < 1.29 is 23.1 Å². The van der Waals surface area contributed by atoms with Crippen molar-refractivity contribution in [3.05, 3.63) is 42.1 Å². The Morgan fingerprint density at radius 1 is 1.26 bits per heavy atom. The summed E-state index contributed by atoms with van der Waals surface area (Å²) < 4.78 is 39.2. The van der Waals surface area contributed by atoms with Crippen molar-refractivity contribution in [2.75, 3.05) is 5.32 Å². The molecule has 19 heavy (non-hydrogen) atoms. The minimum atomic E-state index is -4.64. The first-order chi connectivity index (χ1) is 8.88. The molecule has 0 aliphatic rings. The molecule has 1 aromatic carbocycles. The molecule has 100 valence electrons. The third-order valence-electron chi connectivity index (χ3n) is 2.24. The van der Waals surface area contributed by atoms with E-state index in [2.05, 4.69) is 5.10 Å². The number of hydrogen-bond acceptors (Lipinski definition) is 2. The number of hydrogen-bond donors (Lipinski definition) is 2. The van der Waals surface area contributed by atoms with Crippen molar-refractivity contribution in [3.8, 4) is 5.69 Å². The van der Waals surface area contributed by atoms with Gasteiger partial charge in [-0.3, -0.25) is 5.32 Å². The van der Waals surface area contributed by atoms with Gasteiger partial charge in [-0.1, -0.05) is 18.2 Å². The molecule has 1 aromatic heterocycles. The maximum absolute atomic E-state index is 12.8. The highest BCUT2D eigenvalue weighted by Crippen LogP contribution is 2.32. The molecule has 0 bridgehead atoms. The van der Waals surface area contributed by atoms with E-state index in [4.69, 9.17) is 5.11 Å². The number of benzene rings is 1. The fraction of sp³-hybridized carbons (Fsp3) is 0.0909. The van der Waals surface area contributed by atoms with Crippen LogP contribution in [0, 0.1) is 0 Å². The predicted octanol–water partition coefficient (Wildman–Crippen LogP) is 2.98. The first-order valence-corrected chi connectivity index (χ1v) is 5.10. The van der Waals surface area contributed by atoms with Crippen LogP contribution in [0.5, 0.6) is 0 Å². The number of para-hydroxylation sites is 1. The van der Waals surface area contributed by atoms with Gasteiger partial charge in [0, 0.05) is 6.07 Å². The van der Waals surface area contributed by atoms with Crippen LogP contribution in [0.2, 0.25) is 0 Å². The van der Waals surface area contributed by atoms with E-state index in [9.17, 15) is 18.0 Å². The first kappa shape index (κ1) is 12.9. The number of carboxylic acid groups (broad SMARTS) is 1. The summed E-state index contributed by atoms with van der Waals surface area (Å²) in [5.41, 5.74) is -0.865. The lowest BCUT2D eigenvalue weighted by atomic mass is 10.3. The highest BCUT2D eigenvalue weighted by Gasteiger charge is 2.36. The number of anilines is 1. The molecule has 2 N–H and O–H groups in total. The van der Waals surface area contributed by atoms with Gasteiger partial charge in [0.05, 0.1) is 5.69 Å². The lowest BCUT2D eigenvalue weighted by molar-refractivity contribution is -0.142. The zero-order valence-electron chi connectivity index (χ0n) is 9.35. The number of aromatic nitrogens is 2. The lowest BCUT2D eigenvalue weighted by Crippen LogP contribution is -2.13. The molecule has 8 heteroatoms. The number of alkyl halides is 3. The molecule has 0 aliphatic heterocycles. The molecule has 2 rings (SSSR count). The summed E-state index contributed by atoms with van der Waals surface area (Å²) in [6.45, 7) is 0. The van der Waals surface area contributed by atoms with Gasteiger partial charge in [0.1, 0.15) is 0 Å². The molecule has 0 atom stereocenters. The fourth-order valence-electron chi connectivity index (χ4n) is 1.52. The quantitative estimate of drug-likeness (QED) is 0.882. The van der Waals surface area contributed by atoms with Gasteiger partial charge in [0.25, 0.3) is 0 Å². The topological polar surface area (TPSA) is 67.2 Å². The van der Waals surface area contributed by atoms with E-state index in [0.29, 0.717) is 10.7 Å². The number of rotatable bonds is 2. The number of carbonyl (C=O) groups is 1. The number of nitrogens with zero attached hydrogens (tertiary/aromatic N) is 2. The molecule has 2 aromatic rings. The summed E-state index contributed by atoms with van der Waals surface area (Å²) in [7, 11) is 0. The van der Waals surface area contributed by atoms with Gasteiger partial charge in [-0.05, 0) is 12.1 Å². The summed E-state index contributed by atoms with van der Waals surface area (Å²) in [4.78, 5) is 10.4. The molecule has 0 radical (unpaired) electrons.